The molecule has 0 aliphatic carbocycles. The molecule has 0 aliphatic rings. The second kappa shape index (κ2) is 8.81. The zero-order chi connectivity index (χ0) is 20.1. The molecule has 0 radical (unpaired) electrons. The van der Waals surface area contributed by atoms with E-state index in [1.165, 1.54) is 0 Å². The van der Waals surface area contributed by atoms with Gasteiger partial charge in [-0.25, -0.2) is 0 Å². The molecular formula is C22H20N2O3S. The molecule has 0 saturated carbocycles. The van der Waals surface area contributed by atoms with Crippen molar-refractivity contribution in [1.29, 1.82) is 5.26 Å². The summed E-state index contributed by atoms with van der Waals surface area (Å²) >= 11 is 4.44. The summed E-state index contributed by atoms with van der Waals surface area (Å²) in [6.07, 6.45) is 0. The number of ether oxygens (including phenoxy) is 1. The van der Waals surface area contributed by atoms with Crippen LogP contribution in [0.25, 0.3) is 11.1 Å². The summed E-state index contributed by atoms with van der Waals surface area (Å²) in [5, 5.41) is 19.5. The van der Waals surface area contributed by atoms with E-state index < -0.39 is 0 Å². The number of nitriles is 1. The van der Waals surface area contributed by atoms with Crippen LogP contribution in [-0.2, 0) is 0 Å². The molecule has 0 bridgehead atoms. The molecule has 0 aliphatic heterocycles. The fraction of sp³-hybridized carbons (Fsp3) is 0.136. The highest BCUT2D eigenvalue weighted by Crippen LogP contribution is 2.38. The molecule has 3 rings (SSSR count). The van der Waals surface area contributed by atoms with Gasteiger partial charge in [0, 0.05) is 0 Å². The van der Waals surface area contributed by atoms with Gasteiger partial charge in [-0.2, -0.15) is 5.26 Å². The molecule has 0 fully saturated rings. The van der Waals surface area contributed by atoms with E-state index in [0.29, 0.717) is 27.7 Å². The Hall–Kier alpha value is -2.98. The van der Waals surface area contributed by atoms with Crippen molar-refractivity contribution in [2.45, 2.75) is 24.8 Å². The molecule has 0 heterocycles. The van der Waals surface area contributed by atoms with Gasteiger partial charge in [-0.1, -0.05) is 30.3 Å². The first-order valence-corrected chi connectivity index (χ1v) is 9.19. The largest absolute Gasteiger partial charge is 0.452 e. The number of thiol groups is 1. The second-order valence-corrected chi connectivity index (χ2v) is 6.89. The van der Waals surface area contributed by atoms with Crippen molar-refractivity contribution in [3.63, 3.8) is 0 Å². The normalized spacial score (nSPS) is 10.8. The predicted molar refractivity (Wildman–Crippen MR) is 110 cm³/mol. The van der Waals surface area contributed by atoms with E-state index in [2.05, 4.69) is 18.7 Å². The minimum Gasteiger partial charge on any atom is -0.452 e. The Morgan fingerprint density at radius 1 is 0.964 bits per heavy atom. The van der Waals surface area contributed by atoms with Crippen LogP contribution >= 0.6 is 12.6 Å². The highest BCUT2D eigenvalue weighted by molar-refractivity contribution is 7.80. The second-order valence-electron chi connectivity index (χ2n) is 6.41. The number of rotatable bonds is 6. The summed E-state index contributed by atoms with van der Waals surface area (Å²) in [6, 6.07) is 22.1. The summed E-state index contributed by atoms with van der Waals surface area (Å²) in [5.74, 6) is 1.38. The maximum Gasteiger partial charge on any atom is 0.194 e. The highest BCUT2D eigenvalue weighted by Gasteiger charge is 2.15. The third-order valence-electron chi connectivity index (χ3n) is 4.01. The van der Waals surface area contributed by atoms with Crippen molar-refractivity contribution in [2.75, 3.05) is 0 Å². The average Bonchev–Trinajstić information content (AvgIpc) is 2.71. The Morgan fingerprint density at radius 3 is 2.14 bits per heavy atom. The summed E-state index contributed by atoms with van der Waals surface area (Å²) in [6.45, 7) is 3.60. The number of benzene rings is 3. The van der Waals surface area contributed by atoms with Crippen molar-refractivity contribution < 1.29 is 14.8 Å². The first kappa shape index (κ1) is 19.8. The van der Waals surface area contributed by atoms with Crippen LogP contribution in [0.3, 0.4) is 0 Å². The van der Waals surface area contributed by atoms with E-state index in [4.69, 9.17) is 14.8 Å². The van der Waals surface area contributed by atoms with E-state index in [1.807, 2.05) is 36.4 Å². The number of hydrogen-bond acceptors (Lipinski definition) is 6. The van der Waals surface area contributed by atoms with Gasteiger partial charge in [0.2, 0.25) is 0 Å². The Bertz CT molecular complexity index is 980. The van der Waals surface area contributed by atoms with E-state index in [0.717, 1.165) is 16.4 Å². The molecule has 142 valence electrons. The monoisotopic (exact) mass is 392 g/mol. The lowest BCUT2D eigenvalue weighted by Gasteiger charge is -2.21. The molecule has 0 spiro atoms. The number of para-hydroxylation sites is 1. The molecule has 1 N–H and O–H groups in total. The lowest BCUT2D eigenvalue weighted by atomic mass is 10.0. The Labute approximate surface area is 169 Å². The van der Waals surface area contributed by atoms with E-state index in [1.54, 1.807) is 44.2 Å². The lowest BCUT2D eigenvalue weighted by molar-refractivity contribution is -0.301. The molecule has 0 unspecified atom stereocenters. The smallest absolute Gasteiger partial charge is 0.194 e. The molecule has 0 aromatic heterocycles. The molecule has 0 amide bonds. The van der Waals surface area contributed by atoms with E-state index >= 15 is 0 Å². The van der Waals surface area contributed by atoms with Crippen molar-refractivity contribution in [3.8, 4) is 34.4 Å². The average molecular weight is 392 g/mol. The van der Waals surface area contributed by atoms with Crippen molar-refractivity contribution in [2.24, 2.45) is 0 Å². The van der Waals surface area contributed by atoms with E-state index in [-0.39, 0.29) is 6.04 Å². The summed E-state index contributed by atoms with van der Waals surface area (Å²) in [4.78, 5) is 6.05. The van der Waals surface area contributed by atoms with Gasteiger partial charge < -0.3 is 9.57 Å². The first-order chi connectivity index (χ1) is 13.5. The minimum absolute atomic E-state index is 0.219. The summed E-state index contributed by atoms with van der Waals surface area (Å²) < 4.78 is 5.97. The highest BCUT2D eigenvalue weighted by atomic mass is 32.1. The zero-order valence-electron chi connectivity index (χ0n) is 15.5. The van der Waals surface area contributed by atoms with Crippen LogP contribution in [0.15, 0.2) is 71.6 Å². The lowest BCUT2D eigenvalue weighted by Crippen LogP contribution is -2.30. The summed E-state index contributed by atoms with van der Waals surface area (Å²) in [5.41, 5.74) is 2.65. The van der Waals surface area contributed by atoms with Crippen LogP contribution < -0.4 is 9.57 Å². The predicted octanol–water partition coefficient (Wildman–Crippen LogP) is 5.70. The maximum atomic E-state index is 9.87. The Kier molecular flexibility index (Phi) is 6.22. The molecule has 28 heavy (non-hydrogen) atoms. The third kappa shape index (κ3) is 4.65. The van der Waals surface area contributed by atoms with Gasteiger partial charge in [0.05, 0.1) is 22.6 Å². The standard InChI is InChI=1S/C22H20N2O3S/c1-15(2)24(25)27-20-4-3-5-21(28)22(20)26-19-12-10-18(11-13-19)17-8-6-16(14-23)7-9-17/h3-13,15,25,28H,1-2H3. The van der Waals surface area contributed by atoms with Gasteiger partial charge >= 0.3 is 0 Å². The number of hydrogen-bond donors (Lipinski definition) is 2. The topological polar surface area (TPSA) is 65.7 Å². The van der Waals surface area contributed by atoms with Crippen LogP contribution in [0.4, 0.5) is 0 Å². The molecule has 0 saturated heterocycles. The van der Waals surface area contributed by atoms with Crippen LogP contribution in [-0.4, -0.2) is 16.5 Å². The van der Waals surface area contributed by atoms with Crippen LogP contribution in [0.1, 0.15) is 19.4 Å². The molecule has 3 aromatic rings. The summed E-state index contributed by atoms with van der Waals surface area (Å²) in [7, 11) is 0. The van der Waals surface area contributed by atoms with Crippen molar-refractivity contribution >= 4 is 12.6 Å². The third-order valence-corrected chi connectivity index (χ3v) is 4.37. The van der Waals surface area contributed by atoms with Gasteiger partial charge in [0.1, 0.15) is 5.75 Å². The van der Waals surface area contributed by atoms with Gasteiger partial charge in [0.25, 0.3) is 0 Å². The van der Waals surface area contributed by atoms with Gasteiger partial charge in [0.15, 0.2) is 11.5 Å². The van der Waals surface area contributed by atoms with Gasteiger partial charge in [-0.15, -0.1) is 12.6 Å². The molecule has 3 aromatic carbocycles. The number of hydroxylamine groups is 2. The SMILES string of the molecule is CC(C)N(O)Oc1cccc(S)c1Oc1ccc(-c2ccc(C#N)cc2)cc1. The molecule has 0 atom stereocenters. The first-order valence-electron chi connectivity index (χ1n) is 8.74. The van der Waals surface area contributed by atoms with E-state index in [9.17, 15) is 5.21 Å². The fourth-order valence-corrected chi connectivity index (χ4v) is 2.70. The Balaban J connectivity index is 1.81. The quantitative estimate of drug-likeness (QED) is 0.416. The molecular weight excluding hydrogens is 372 g/mol. The van der Waals surface area contributed by atoms with Crippen LogP contribution in [0, 0.1) is 11.3 Å². The van der Waals surface area contributed by atoms with Crippen LogP contribution in [0.2, 0.25) is 0 Å². The fourth-order valence-electron chi connectivity index (χ4n) is 2.46. The van der Waals surface area contributed by atoms with Gasteiger partial charge in [-0.3, -0.25) is 5.21 Å². The van der Waals surface area contributed by atoms with Crippen molar-refractivity contribution in [3.05, 3.63) is 72.3 Å². The molecule has 5 nitrogen and oxygen atoms in total. The molecule has 6 heteroatoms. The zero-order valence-corrected chi connectivity index (χ0v) is 16.4. The van der Waals surface area contributed by atoms with Crippen LogP contribution in [0.5, 0.6) is 17.2 Å². The van der Waals surface area contributed by atoms with Gasteiger partial charge in [-0.05, 0) is 66.6 Å². The number of nitrogens with zero attached hydrogens (tertiary/aromatic N) is 2. The Morgan fingerprint density at radius 2 is 1.57 bits per heavy atom. The van der Waals surface area contributed by atoms with Crippen molar-refractivity contribution in [1.82, 2.24) is 5.23 Å². The maximum absolute atomic E-state index is 9.87. The minimum atomic E-state index is -0.219.